The lowest BCUT2D eigenvalue weighted by molar-refractivity contribution is 0.0995. The number of hydrogen-bond donors (Lipinski definition) is 1. The van der Waals surface area contributed by atoms with E-state index in [0.717, 1.165) is 6.54 Å². The maximum absolute atomic E-state index is 3.61. The quantitative estimate of drug-likeness (QED) is 0.824. The van der Waals surface area contributed by atoms with Gasteiger partial charge < -0.3 is 5.32 Å². The number of rotatable bonds is 1. The van der Waals surface area contributed by atoms with Crippen LogP contribution in [-0.2, 0) is 6.42 Å². The van der Waals surface area contributed by atoms with Gasteiger partial charge in [-0.1, -0.05) is 0 Å². The van der Waals surface area contributed by atoms with Crippen molar-refractivity contribution in [3.63, 3.8) is 0 Å². The largest absolute Gasteiger partial charge is 0.309 e. The van der Waals surface area contributed by atoms with Crippen molar-refractivity contribution < 1.29 is 0 Å². The van der Waals surface area contributed by atoms with Gasteiger partial charge in [0.1, 0.15) is 0 Å². The van der Waals surface area contributed by atoms with Crippen molar-refractivity contribution in [3.05, 3.63) is 21.9 Å². The Balaban J connectivity index is 1.82. The molecule has 1 aliphatic carbocycles. The molecule has 2 heterocycles. The average Bonchev–Trinajstić information content (AvgIpc) is 2.75. The molecule has 94 valence electrons. The molecule has 3 heteroatoms. The highest BCUT2D eigenvalue weighted by molar-refractivity contribution is 7.10. The minimum absolute atomic E-state index is 0.270. The highest BCUT2D eigenvalue weighted by Crippen LogP contribution is 2.38. The molecule has 17 heavy (non-hydrogen) atoms. The highest BCUT2D eigenvalue weighted by atomic mass is 32.1. The number of thiophene rings is 1. The summed E-state index contributed by atoms with van der Waals surface area (Å²) in [6.07, 6.45) is 4.02. The summed E-state index contributed by atoms with van der Waals surface area (Å²) in [4.78, 5) is 4.33. The summed E-state index contributed by atoms with van der Waals surface area (Å²) < 4.78 is 0. The van der Waals surface area contributed by atoms with Crippen LogP contribution in [0.2, 0.25) is 0 Å². The molecular weight excluding hydrogens is 228 g/mol. The van der Waals surface area contributed by atoms with Crippen LogP contribution in [0.15, 0.2) is 11.4 Å². The van der Waals surface area contributed by atoms with Gasteiger partial charge in [0.05, 0.1) is 0 Å². The first-order chi connectivity index (χ1) is 8.16. The maximum atomic E-state index is 3.61. The molecule has 1 aromatic heterocycles. The molecule has 1 fully saturated rings. The zero-order valence-electron chi connectivity index (χ0n) is 10.8. The number of aryl methyl sites for hydroxylation is 1. The normalized spacial score (nSPS) is 28.9. The van der Waals surface area contributed by atoms with Crippen molar-refractivity contribution in [1.82, 2.24) is 10.2 Å². The van der Waals surface area contributed by atoms with Crippen LogP contribution in [-0.4, -0.2) is 30.1 Å². The molecule has 0 saturated carbocycles. The van der Waals surface area contributed by atoms with E-state index in [4.69, 9.17) is 0 Å². The SMILES string of the molecule is CC1(C)CN(C2CCCc3sccc32)CCN1. The van der Waals surface area contributed by atoms with Crippen LogP contribution in [0.3, 0.4) is 0 Å². The first-order valence-electron chi connectivity index (χ1n) is 6.71. The van der Waals surface area contributed by atoms with E-state index in [2.05, 4.69) is 35.5 Å². The van der Waals surface area contributed by atoms with E-state index >= 15 is 0 Å². The van der Waals surface area contributed by atoms with E-state index in [1.165, 1.54) is 32.4 Å². The number of piperazine rings is 1. The summed E-state index contributed by atoms with van der Waals surface area (Å²) in [6, 6.07) is 3.05. The van der Waals surface area contributed by atoms with Crippen molar-refractivity contribution in [3.8, 4) is 0 Å². The van der Waals surface area contributed by atoms with Gasteiger partial charge in [-0.05, 0) is 50.1 Å². The summed E-state index contributed by atoms with van der Waals surface area (Å²) >= 11 is 1.95. The molecule has 1 saturated heterocycles. The second kappa shape index (κ2) is 4.38. The van der Waals surface area contributed by atoms with E-state index in [1.54, 1.807) is 10.4 Å². The fraction of sp³-hybridized carbons (Fsp3) is 0.714. The molecule has 0 aromatic carbocycles. The summed E-state index contributed by atoms with van der Waals surface area (Å²) in [5.41, 5.74) is 1.89. The summed E-state index contributed by atoms with van der Waals surface area (Å²) in [7, 11) is 0. The lowest BCUT2D eigenvalue weighted by Gasteiger charge is -2.44. The Morgan fingerprint density at radius 3 is 3.18 bits per heavy atom. The van der Waals surface area contributed by atoms with Crippen molar-refractivity contribution in [2.75, 3.05) is 19.6 Å². The molecule has 1 N–H and O–H groups in total. The molecule has 3 rings (SSSR count). The first-order valence-corrected chi connectivity index (χ1v) is 7.59. The Labute approximate surface area is 108 Å². The summed E-state index contributed by atoms with van der Waals surface area (Å²) in [5, 5.41) is 5.88. The van der Waals surface area contributed by atoms with Crippen LogP contribution in [0, 0.1) is 0 Å². The minimum Gasteiger partial charge on any atom is -0.309 e. The van der Waals surface area contributed by atoms with Crippen molar-refractivity contribution in [2.24, 2.45) is 0 Å². The van der Waals surface area contributed by atoms with Gasteiger partial charge in [-0.2, -0.15) is 0 Å². The predicted octanol–water partition coefficient (Wildman–Crippen LogP) is 2.81. The lowest BCUT2D eigenvalue weighted by atomic mass is 9.90. The Hall–Kier alpha value is -0.380. The maximum Gasteiger partial charge on any atom is 0.0360 e. The molecule has 0 spiro atoms. The van der Waals surface area contributed by atoms with Crippen LogP contribution >= 0.6 is 11.3 Å². The molecule has 1 aliphatic heterocycles. The van der Waals surface area contributed by atoms with Gasteiger partial charge in [-0.3, -0.25) is 4.90 Å². The van der Waals surface area contributed by atoms with E-state index in [9.17, 15) is 0 Å². The molecule has 0 amide bonds. The summed E-state index contributed by atoms with van der Waals surface area (Å²) in [5.74, 6) is 0. The number of nitrogens with zero attached hydrogens (tertiary/aromatic N) is 1. The second-order valence-electron chi connectivity index (χ2n) is 5.99. The van der Waals surface area contributed by atoms with Gasteiger partial charge in [0, 0.05) is 36.1 Å². The molecule has 0 radical (unpaired) electrons. The molecule has 1 aromatic rings. The van der Waals surface area contributed by atoms with Crippen LogP contribution in [0.25, 0.3) is 0 Å². The molecule has 2 aliphatic rings. The third kappa shape index (κ3) is 2.28. The average molecular weight is 250 g/mol. The third-order valence-electron chi connectivity index (χ3n) is 4.06. The molecular formula is C14H22N2S. The van der Waals surface area contributed by atoms with Crippen molar-refractivity contribution >= 4 is 11.3 Å². The fourth-order valence-corrected chi connectivity index (χ4v) is 4.27. The Morgan fingerprint density at radius 2 is 2.35 bits per heavy atom. The van der Waals surface area contributed by atoms with Gasteiger partial charge in [0.15, 0.2) is 0 Å². The third-order valence-corrected chi connectivity index (χ3v) is 5.06. The Morgan fingerprint density at radius 1 is 1.47 bits per heavy atom. The topological polar surface area (TPSA) is 15.3 Å². The van der Waals surface area contributed by atoms with Gasteiger partial charge in [-0.15, -0.1) is 11.3 Å². The molecule has 2 nitrogen and oxygen atoms in total. The summed E-state index contributed by atoms with van der Waals surface area (Å²) in [6.45, 7) is 8.13. The smallest absolute Gasteiger partial charge is 0.0360 e. The van der Waals surface area contributed by atoms with E-state index < -0.39 is 0 Å². The van der Waals surface area contributed by atoms with E-state index in [1.807, 2.05) is 11.3 Å². The number of nitrogens with one attached hydrogen (secondary N) is 1. The minimum atomic E-state index is 0.270. The number of hydrogen-bond acceptors (Lipinski definition) is 3. The van der Waals surface area contributed by atoms with Crippen LogP contribution in [0.1, 0.15) is 43.2 Å². The van der Waals surface area contributed by atoms with Gasteiger partial charge in [0.25, 0.3) is 0 Å². The molecule has 0 bridgehead atoms. The Bertz CT molecular complexity index is 397. The van der Waals surface area contributed by atoms with Crippen molar-refractivity contribution in [2.45, 2.75) is 44.7 Å². The molecule has 1 atom stereocenters. The standard InChI is InChI=1S/C14H22N2S/c1-14(2)10-16(8-7-15-14)12-4-3-5-13-11(12)6-9-17-13/h6,9,12,15H,3-5,7-8,10H2,1-2H3. The fourth-order valence-electron chi connectivity index (χ4n) is 3.29. The van der Waals surface area contributed by atoms with Crippen molar-refractivity contribution in [1.29, 1.82) is 0 Å². The zero-order chi connectivity index (χ0) is 11.9. The van der Waals surface area contributed by atoms with Gasteiger partial charge in [0.2, 0.25) is 0 Å². The molecule has 1 unspecified atom stereocenters. The predicted molar refractivity (Wildman–Crippen MR) is 73.7 cm³/mol. The van der Waals surface area contributed by atoms with E-state index in [-0.39, 0.29) is 5.54 Å². The first kappa shape index (κ1) is 11.7. The Kier molecular flexibility index (Phi) is 3.01. The van der Waals surface area contributed by atoms with Crippen LogP contribution in [0.5, 0.6) is 0 Å². The number of fused-ring (bicyclic) bond motifs is 1. The van der Waals surface area contributed by atoms with Crippen LogP contribution < -0.4 is 5.32 Å². The van der Waals surface area contributed by atoms with Crippen LogP contribution in [0.4, 0.5) is 0 Å². The van der Waals surface area contributed by atoms with Gasteiger partial charge in [-0.25, -0.2) is 0 Å². The highest BCUT2D eigenvalue weighted by Gasteiger charge is 2.33. The zero-order valence-corrected chi connectivity index (χ0v) is 11.6. The lowest BCUT2D eigenvalue weighted by Crippen LogP contribution is -2.57. The van der Waals surface area contributed by atoms with E-state index in [0.29, 0.717) is 6.04 Å². The monoisotopic (exact) mass is 250 g/mol. The second-order valence-corrected chi connectivity index (χ2v) is 6.99. The van der Waals surface area contributed by atoms with Gasteiger partial charge >= 0.3 is 0 Å².